The summed E-state index contributed by atoms with van der Waals surface area (Å²) in [7, 11) is 0. The zero-order valence-electron chi connectivity index (χ0n) is 16.3. The van der Waals surface area contributed by atoms with E-state index in [2.05, 4.69) is 25.5 Å². The van der Waals surface area contributed by atoms with E-state index in [1.165, 1.54) is 18.4 Å². The van der Waals surface area contributed by atoms with Crippen LogP contribution in [-0.2, 0) is 11.2 Å². The average Bonchev–Trinajstić information content (AvgIpc) is 3.25. The predicted octanol–water partition coefficient (Wildman–Crippen LogP) is 2.31. The van der Waals surface area contributed by atoms with Gasteiger partial charge in [-0.1, -0.05) is 18.2 Å². The Morgan fingerprint density at radius 2 is 2.04 bits per heavy atom. The van der Waals surface area contributed by atoms with Crippen LogP contribution in [0.1, 0.15) is 30.7 Å². The molecule has 3 heterocycles. The van der Waals surface area contributed by atoms with Crippen LogP contribution in [0, 0.1) is 6.92 Å². The molecule has 2 aliphatic rings. The van der Waals surface area contributed by atoms with Crippen LogP contribution < -0.4 is 20.3 Å². The van der Waals surface area contributed by atoms with Gasteiger partial charge in [0.2, 0.25) is 0 Å². The van der Waals surface area contributed by atoms with Gasteiger partial charge in [0.15, 0.2) is 6.10 Å². The summed E-state index contributed by atoms with van der Waals surface area (Å²) in [5, 5.41) is 6.25. The molecule has 1 atom stereocenters. The molecular formula is C21H27N5O2. The van der Waals surface area contributed by atoms with E-state index in [1.807, 2.05) is 37.3 Å². The Morgan fingerprint density at radius 1 is 1.21 bits per heavy atom. The number of nitrogens with one attached hydrogen (secondary N) is 2. The van der Waals surface area contributed by atoms with Gasteiger partial charge < -0.3 is 20.3 Å². The van der Waals surface area contributed by atoms with Gasteiger partial charge in [0.1, 0.15) is 23.2 Å². The van der Waals surface area contributed by atoms with Gasteiger partial charge in [-0.15, -0.1) is 0 Å². The second-order valence-corrected chi connectivity index (χ2v) is 7.32. The Bertz CT molecular complexity index is 835. The molecule has 148 valence electrons. The molecule has 1 fully saturated rings. The smallest absolute Gasteiger partial charge is 0.261 e. The van der Waals surface area contributed by atoms with Crippen LogP contribution in [0.4, 0.5) is 11.6 Å². The van der Waals surface area contributed by atoms with Crippen LogP contribution in [-0.4, -0.2) is 48.2 Å². The third kappa shape index (κ3) is 4.35. The van der Waals surface area contributed by atoms with Gasteiger partial charge in [-0.3, -0.25) is 4.79 Å². The first-order valence-electron chi connectivity index (χ1n) is 10.1. The number of anilines is 2. The maximum absolute atomic E-state index is 12.4. The van der Waals surface area contributed by atoms with Crippen molar-refractivity contribution in [2.75, 3.05) is 36.4 Å². The van der Waals surface area contributed by atoms with Gasteiger partial charge in [0.05, 0.1) is 0 Å². The number of para-hydroxylation sites is 1. The molecule has 0 bridgehead atoms. The fourth-order valence-electron chi connectivity index (χ4n) is 3.75. The standard InChI is InChI=1S/C21H27N5O2/c1-15-24-19(14-20(25-15)26-12-4-5-13-26)22-10-11-23-21(27)18-9-8-16-6-2-3-7-17(16)28-18/h2-3,6-7,14,18H,4-5,8-13H2,1H3,(H,23,27)(H,22,24,25). The summed E-state index contributed by atoms with van der Waals surface area (Å²) in [5.74, 6) is 3.29. The van der Waals surface area contributed by atoms with Crippen molar-refractivity contribution in [2.24, 2.45) is 0 Å². The molecular weight excluding hydrogens is 354 g/mol. The quantitative estimate of drug-likeness (QED) is 0.748. The van der Waals surface area contributed by atoms with Crippen LogP contribution in [0.2, 0.25) is 0 Å². The fourth-order valence-corrected chi connectivity index (χ4v) is 3.75. The number of carbonyl (C=O) groups is 1. The molecule has 7 heteroatoms. The fraction of sp³-hybridized carbons (Fsp3) is 0.476. The van der Waals surface area contributed by atoms with Crippen molar-refractivity contribution in [3.8, 4) is 5.75 Å². The lowest BCUT2D eigenvalue weighted by atomic mass is 10.0. The molecule has 2 aromatic rings. The molecule has 28 heavy (non-hydrogen) atoms. The summed E-state index contributed by atoms with van der Waals surface area (Å²) in [4.78, 5) is 23.7. The lowest BCUT2D eigenvalue weighted by Crippen LogP contribution is -2.42. The van der Waals surface area contributed by atoms with E-state index < -0.39 is 6.10 Å². The highest BCUT2D eigenvalue weighted by Crippen LogP contribution is 2.27. The van der Waals surface area contributed by atoms with Crippen molar-refractivity contribution in [1.29, 1.82) is 0 Å². The van der Waals surface area contributed by atoms with Crippen molar-refractivity contribution in [3.05, 3.63) is 41.7 Å². The molecule has 0 radical (unpaired) electrons. The van der Waals surface area contributed by atoms with Crippen molar-refractivity contribution in [2.45, 2.75) is 38.7 Å². The van der Waals surface area contributed by atoms with E-state index in [-0.39, 0.29) is 5.91 Å². The highest BCUT2D eigenvalue weighted by Gasteiger charge is 2.25. The topological polar surface area (TPSA) is 79.4 Å². The van der Waals surface area contributed by atoms with E-state index in [1.54, 1.807) is 0 Å². The molecule has 1 aromatic heterocycles. The molecule has 4 rings (SSSR count). The van der Waals surface area contributed by atoms with E-state index in [9.17, 15) is 4.79 Å². The van der Waals surface area contributed by atoms with Crippen molar-refractivity contribution in [3.63, 3.8) is 0 Å². The Labute approximate surface area is 165 Å². The van der Waals surface area contributed by atoms with E-state index >= 15 is 0 Å². The minimum atomic E-state index is -0.419. The molecule has 0 aliphatic carbocycles. The Hall–Kier alpha value is -2.83. The van der Waals surface area contributed by atoms with Crippen LogP contribution >= 0.6 is 0 Å². The molecule has 1 unspecified atom stereocenters. The van der Waals surface area contributed by atoms with Crippen molar-refractivity contribution in [1.82, 2.24) is 15.3 Å². The largest absolute Gasteiger partial charge is 0.480 e. The number of benzene rings is 1. The molecule has 0 saturated carbocycles. The third-order valence-electron chi connectivity index (χ3n) is 5.19. The summed E-state index contributed by atoms with van der Waals surface area (Å²) in [6.45, 7) is 5.13. The van der Waals surface area contributed by atoms with Gasteiger partial charge in [0, 0.05) is 32.2 Å². The first kappa shape index (κ1) is 18.5. The molecule has 2 aliphatic heterocycles. The summed E-state index contributed by atoms with van der Waals surface area (Å²) in [5.41, 5.74) is 1.17. The minimum absolute atomic E-state index is 0.0621. The minimum Gasteiger partial charge on any atom is -0.480 e. The normalized spacial score (nSPS) is 18.3. The van der Waals surface area contributed by atoms with E-state index in [0.29, 0.717) is 19.5 Å². The monoisotopic (exact) mass is 381 g/mol. The zero-order chi connectivity index (χ0) is 19.3. The highest BCUT2D eigenvalue weighted by atomic mass is 16.5. The molecule has 1 amide bonds. The number of rotatable bonds is 6. The predicted molar refractivity (Wildman–Crippen MR) is 109 cm³/mol. The molecule has 0 spiro atoms. The van der Waals surface area contributed by atoms with Crippen LogP contribution in [0.3, 0.4) is 0 Å². The first-order chi connectivity index (χ1) is 13.7. The summed E-state index contributed by atoms with van der Waals surface area (Å²) < 4.78 is 5.84. The number of hydrogen-bond donors (Lipinski definition) is 2. The number of carbonyl (C=O) groups excluding carboxylic acids is 1. The number of amides is 1. The van der Waals surface area contributed by atoms with Gasteiger partial charge in [-0.2, -0.15) is 0 Å². The SMILES string of the molecule is Cc1nc(NCCNC(=O)C2CCc3ccccc3O2)cc(N2CCCC2)n1. The maximum atomic E-state index is 12.4. The summed E-state index contributed by atoms with van der Waals surface area (Å²) in [6, 6.07) is 9.89. The van der Waals surface area contributed by atoms with Gasteiger partial charge in [-0.05, 0) is 44.2 Å². The lowest BCUT2D eigenvalue weighted by Gasteiger charge is -2.25. The van der Waals surface area contributed by atoms with Crippen molar-refractivity contribution >= 4 is 17.5 Å². The maximum Gasteiger partial charge on any atom is 0.261 e. The van der Waals surface area contributed by atoms with Crippen LogP contribution in [0.25, 0.3) is 0 Å². The number of nitrogens with zero attached hydrogens (tertiary/aromatic N) is 3. The number of hydrogen-bond acceptors (Lipinski definition) is 6. The average molecular weight is 381 g/mol. The number of ether oxygens (including phenoxy) is 1. The lowest BCUT2D eigenvalue weighted by molar-refractivity contribution is -0.128. The molecule has 1 saturated heterocycles. The van der Waals surface area contributed by atoms with Gasteiger partial charge >= 0.3 is 0 Å². The summed E-state index contributed by atoms with van der Waals surface area (Å²) in [6.07, 6.45) is 3.59. The first-order valence-corrected chi connectivity index (χ1v) is 10.1. The highest BCUT2D eigenvalue weighted by molar-refractivity contribution is 5.81. The van der Waals surface area contributed by atoms with Gasteiger partial charge in [0.25, 0.3) is 5.91 Å². The second-order valence-electron chi connectivity index (χ2n) is 7.32. The molecule has 1 aromatic carbocycles. The molecule has 7 nitrogen and oxygen atoms in total. The Morgan fingerprint density at radius 3 is 2.89 bits per heavy atom. The van der Waals surface area contributed by atoms with E-state index in [0.717, 1.165) is 42.7 Å². The van der Waals surface area contributed by atoms with Gasteiger partial charge in [-0.25, -0.2) is 9.97 Å². The van der Waals surface area contributed by atoms with Crippen molar-refractivity contribution < 1.29 is 9.53 Å². The number of fused-ring (bicyclic) bond motifs is 1. The van der Waals surface area contributed by atoms with E-state index in [4.69, 9.17) is 4.74 Å². The Balaban J connectivity index is 1.25. The third-order valence-corrected chi connectivity index (χ3v) is 5.19. The zero-order valence-corrected chi connectivity index (χ0v) is 16.3. The number of aromatic nitrogens is 2. The Kier molecular flexibility index (Phi) is 5.60. The molecule has 2 N–H and O–H groups in total. The summed E-state index contributed by atoms with van der Waals surface area (Å²) >= 11 is 0. The second kappa shape index (κ2) is 8.46. The number of aryl methyl sites for hydroxylation is 2. The van der Waals surface area contributed by atoms with Crippen LogP contribution in [0.15, 0.2) is 30.3 Å². The van der Waals surface area contributed by atoms with Crippen LogP contribution in [0.5, 0.6) is 5.75 Å².